The molecule has 0 spiro atoms. The Bertz CT molecular complexity index is 409. The Morgan fingerprint density at radius 2 is 0.794 bits per heavy atom. The van der Waals surface area contributed by atoms with Crippen molar-refractivity contribution in [2.24, 2.45) is 45.3 Å². The van der Waals surface area contributed by atoms with Crippen molar-refractivity contribution >= 4 is 0 Å². The van der Waals surface area contributed by atoms with Crippen LogP contribution in [0.2, 0.25) is 0 Å². The van der Waals surface area contributed by atoms with Crippen LogP contribution in [-0.4, -0.2) is 0 Å². The second-order valence-electron chi connectivity index (χ2n) is 16.0. The van der Waals surface area contributed by atoms with Crippen LogP contribution in [0.3, 0.4) is 0 Å². The van der Waals surface area contributed by atoms with Crippen LogP contribution in [-0.2, 0) is 0 Å². The van der Waals surface area contributed by atoms with Crippen molar-refractivity contribution in [2.75, 3.05) is 0 Å². The SMILES string of the molecule is CC(C)CC(C)(C)C.CCC(C)C(C)(C)C.CCC(C)CC(C)(C)C.CCC(CC)C(C)(C)C. The van der Waals surface area contributed by atoms with Crippen molar-refractivity contribution in [1.82, 2.24) is 0 Å². The zero-order valence-electron chi connectivity index (χ0n) is 28.6. The molecule has 0 saturated heterocycles. The third-order valence-corrected chi connectivity index (χ3v) is 6.98. The Hall–Kier alpha value is 0. The maximum atomic E-state index is 2.32. The predicted molar refractivity (Wildman–Crippen MR) is 165 cm³/mol. The molecule has 0 saturated carbocycles. The average Bonchev–Trinajstić information content (AvgIpc) is 2.58. The molecular weight excluding hydrogens is 408 g/mol. The van der Waals surface area contributed by atoms with E-state index in [2.05, 4.69) is 138 Å². The van der Waals surface area contributed by atoms with Crippen LogP contribution in [0, 0.1) is 45.3 Å². The highest BCUT2D eigenvalue weighted by atomic mass is 14.3. The van der Waals surface area contributed by atoms with E-state index in [9.17, 15) is 0 Å². The predicted octanol–water partition coefficient (Wildman–Crippen LogP) is 13.1. The lowest BCUT2D eigenvalue weighted by Gasteiger charge is -2.28. The van der Waals surface area contributed by atoms with Crippen molar-refractivity contribution in [2.45, 2.75) is 177 Å². The van der Waals surface area contributed by atoms with Gasteiger partial charge in [0.25, 0.3) is 0 Å². The minimum absolute atomic E-state index is 0.509. The summed E-state index contributed by atoms with van der Waals surface area (Å²) >= 11 is 0. The van der Waals surface area contributed by atoms with Gasteiger partial charge in [-0.3, -0.25) is 0 Å². The van der Waals surface area contributed by atoms with Gasteiger partial charge >= 0.3 is 0 Å². The van der Waals surface area contributed by atoms with E-state index in [0.717, 1.165) is 23.7 Å². The van der Waals surface area contributed by atoms with Crippen LogP contribution in [0.15, 0.2) is 0 Å². The monoisotopic (exact) mass is 485 g/mol. The molecule has 0 nitrogen and oxygen atoms in total. The maximum Gasteiger partial charge on any atom is -0.0354 e. The van der Waals surface area contributed by atoms with Gasteiger partial charge in [0, 0.05) is 0 Å². The summed E-state index contributed by atoms with van der Waals surface area (Å²) in [6.07, 6.45) is 7.93. The molecular formula is C34H76. The first kappa shape index (κ1) is 41.1. The highest BCUT2D eigenvalue weighted by Crippen LogP contribution is 2.30. The second kappa shape index (κ2) is 19.2. The van der Waals surface area contributed by atoms with Gasteiger partial charge in [0.1, 0.15) is 0 Å². The molecule has 0 aromatic rings. The molecule has 0 aliphatic heterocycles. The van der Waals surface area contributed by atoms with Gasteiger partial charge in [-0.2, -0.15) is 0 Å². The molecule has 0 aromatic heterocycles. The summed E-state index contributed by atoms with van der Waals surface area (Å²) in [5.74, 6) is 3.49. The molecule has 0 heteroatoms. The minimum Gasteiger partial charge on any atom is -0.0651 e. The minimum atomic E-state index is 0.509. The normalized spacial score (nSPS) is 14.3. The molecule has 0 bridgehead atoms. The number of hydrogen-bond donors (Lipinski definition) is 0. The summed E-state index contributed by atoms with van der Waals surface area (Å²) in [5.41, 5.74) is 2.07. The van der Waals surface area contributed by atoms with Crippen LogP contribution in [0.5, 0.6) is 0 Å². The highest BCUT2D eigenvalue weighted by molar-refractivity contribution is 4.71. The topological polar surface area (TPSA) is 0 Å². The fourth-order valence-corrected chi connectivity index (χ4v) is 4.54. The van der Waals surface area contributed by atoms with Gasteiger partial charge in [0.2, 0.25) is 0 Å². The van der Waals surface area contributed by atoms with Crippen molar-refractivity contribution in [1.29, 1.82) is 0 Å². The lowest BCUT2D eigenvalue weighted by atomic mass is 9.78. The maximum absolute atomic E-state index is 2.32. The van der Waals surface area contributed by atoms with Crippen LogP contribution in [0.4, 0.5) is 0 Å². The Morgan fingerprint density at radius 3 is 0.824 bits per heavy atom. The summed E-state index contributed by atoms with van der Waals surface area (Å²) in [6, 6.07) is 0. The lowest BCUT2D eigenvalue weighted by Crippen LogP contribution is -2.18. The van der Waals surface area contributed by atoms with Gasteiger partial charge in [-0.15, -0.1) is 0 Å². The Labute approximate surface area is 222 Å². The van der Waals surface area contributed by atoms with E-state index in [-0.39, 0.29) is 0 Å². The summed E-state index contributed by atoms with van der Waals surface area (Å²) in [4.78, 5) is 0. The summed E-state index contributed by atoms with van der Waals surface area (Å²) in [7, 11) is 0. The molecule has 0 aliphatic rings. The van der Waals surface area contributed by atoms with Gasteiger partial charge in [0.05, 0.1) is 0 Å². The molecule has 0 fully saturated rings. The molecule has 0 N–H and O–H groups in total. The second-order valence-corrected chi connectivity index (χ2v) is 16.0. The van der Waals surface area contributed by atoms with E-state index in [1.54, 1.807) is 0 Å². The Kier molecular flexibility index (Phi) is 23.2. The third kappa shape index (κ3) is 34.2. The fraction of sp³-hybridized carbons (Fsp3) is 1.00. The summed E-state index contributed by atoms with van der Waals surface area (Å²) in [5, 5.41) is 0. The van der Waals surface area contributed by atoms with E-state index >= 15 is 0 Å². The first-order valence-corrected chi connectivity index (χ1v) is 14.9. The summed E-state index contributed by atoms with van der Waals surface area (Å²) in [6.45, 7) is 45.8. The molecule has 0 heterocycles. The van der Waals surface area contributed by atoms with E-state index in [1.165, 1.54) is 38.5 Å². The van der Waals surface area contributed by atoms with Crippen LogP contribution in [0.1, 0.15) is 177 Å². The Balaban J connectivity index is -0.000000177. The average molecular weight is 485 g/mol. The lowest BCUT2D eigenvalue weighted by molar-refractivity contribution is 0.226. The van der Waals surface area contributed by atoms with Gasteiger partial charge in [-0.1, -0.05) is 164 Å². The van der Waals surface area contributed by atoms with Crippen molar-refractivity contribution in [3.8, 4) is 0 Å². The molecule has 0 rings (SSSR count). The fourth-order valence-electron chi connectivity index (χ4n) is 4.54. The third-order valence-electron chi connectivity index (χ3n) is 6.98. The van der Waals surface area contributed by atoms with Crippen molar-refractivity contribution in [3.05, 3.63) is 0 Å². The van der Waals surface area contributed by atoms with Gasteiger partial charge in [0.15, 0.2) is 0 Å². The zero-order valence-corrected chi connectivity index (χ0v) is 28.6. The summed E-state index contributed by atoms with van der Waals surface area (Å²) < 4.78 is 0. The van der Waals surface area contributed by atoms with E-state index in [4.69, 9.17) is 0 Å². The van der Waals surface area contributed by atoms with Crippen molar-refractivity contribution in [3.63, 3.8) is 0 Å². The molecule has 2 atom stereocenters. The Morgan fingerprint density at radius 1 is 0.441 bits per heavy atom. The van der Waals surface area contributed by atoms with E-state index in [0.29, 0.717) is 21.7 Å². The molecule has 212 valence electrons. The number of rotatable bonds is 6. The van der Waals surface area contributed by atoms with E-state index < -0.39 is 0 Å². The van der Waals surface area contributed by atoms with Gasteiger partial charge in [-0.05, 0) is 58.2 Å². The quantitative estimate of drug-likeness (QED) is 0.351. The molecule has 0 radical (unpaired) electrons. The van der Waals surface area contributed by atoms with Crippen LogP contribution >= 0.6 is 0 Å². The molecule has 0 amide bonds. The molecule has 2 unspecified atom stereocenters. The van der Waals surface area contributed by atoms with E-state index in [1.807, 2.05) is 0 Å². The van der Waals surface area contributed by atoms with Crippen LogP contribution in [0.25, 0.3) is 0 Å². The largest absolute Gasteiger partial charge is 0.0651 e. The molecule has 0 aromatic carbocycles. The van der Waals surface area contributed by atoms with Crippen LogP contribution < -0.4 is 0 Å². The zero-order chi connectivity index (χ0) is 28.6. The standard InChI is InChI=1S/2C9H20.2C8H18/c1-6-8(2)7-9(3,4)5;1-6-8(7-2)9(3,4)5;1-7(2)6-8(3,4)5;1-6-7(2)8(3,4)5/h2*8H,6-7H2,1-5H3;2*7H,6H2,1-5H3. The van der Waals surface area contributed by atoms with Crippen molar-refractivity contribution < 1.29 is 0 Å². The molecule has 34 heavy (non-hydrogen) atoms. The number of hydrogen-bond acceptors (Lipinski definition) is 0. The first-order valence-electron chi connectivity index (χ1n) is 14.9. The molecule has 0 aliphatic carbocycles. The smallest absolute Gasteiger partial charge is 0.0354 e. The van der Waals surface area contributed by atoms with Gasteiger partial charge in [-0.25, -0.2) is 0 Å². The first-order chi connectivity index (χ1) is 14.9. The van der Waals surface area contributed by atoms with Gasteiger partial charge < -0.3 is 0 Å². The highest BCUT2D eigenvalue weighted by Gasteiger charge is 2.20.